The largest absolute Gasteiger partial charge is 0.459 e. The van der Waals surface area contributed by atoms with E-state index in [2.05, 4.69) is 4.98 Å². The number of H-pyrrole nitrogens is 1. The van der Waals surface area contributed by atoms with Gasteiger partial charge in [-0.1, -0.05) is 37.2 Å². The van der Waals surface area contributed by atoms with E-state index in [1.54, 1.807) is 12.1 Å². The van der Waals surface area contributed by atoms with Gasteiger partial charge >= 0.3 is 5.97 Å². The Kier molecular flexibility index (Phi) is 5.02. The Morgan fingerprint density at radius 2 is 2.09 bits per heavy atom. The van der Waals surface area contributed by atoms with Crippen LogP contribution in [0.1, 0.15) is 54.9 Å². The number of carbonyl (C=O) groups excluding carboxylic acids is 1. The number of esters is 1. The van der Waals surface area contributed by atoms with Gasteiger partial charge in [-0.05, 0) is 50.3 Å². The van der Waals surface area contributed by atoms with Gasteiger partial charge in [0.05, 0.1) is 5.56 Å². The summed E-state index contributed by atoms with van der Waals surface area (Å²) in [6.07, 6.45) is 6.07. The maximum Gasteiger partial charge on any atom is 0.339 e. The van der Waals surface area contributed by atoms with Crippen molar-refractivity contribution < 1.29 is 9.53 Å². The molecule has 3 nitrogen and oxygen atoms in total. The van der Waals surface area contributed by atoms with Gasteiger partial charge in [0.1, 0.15) is 10.7 Å². The van der Waals surface area contributed by atoms with E-state index in [0.29, 0.717) is 21.6 Å². The monoisotopic (exact) mass is 349 g/mol. The zero-order chi connectivity index (χ0) is 16.4. The van der Waals surface area contributed by atoms with E-state index in [1.807, 2.05) is 13.0 Å². The van der Waals surface area contributed by atoms with Crippen molar-refractivity contribution in [3.8, 4) is 0 Å². The molecule has 23 heavy (non-hydrogen) atoms. The first-order valence-electron chi connectivity index (χ1n) is 8.15. The molecule has 1 aromatic carbocycles. The lowest BCUT2D eigenvalue weighted by Gasteiger charge is -2.23. The number of aromatic nitrogens is 1. The van der Waals surface area contributed by atoms with Gasteiger partial charge in [0.15, 0.2) is 0 Å². The molecule has 0 atom stereocenters. The average Bonchev–Trinajstić information content (AvgIpc) is 2.55. The molecule has 0 spiro atoms. The minimum absolute atomic E-state index is 0.0212. The third-order valence-corrected chi connectivity index (χ3v) is 5.04. The molecule has 1 aliphatic rings. The first kappa shape index (κ1) is 16.5. The summed E-state index contributed by atoms with van der Waals surface area (Å²) in [4.78, 5) is 16.0. The molecular weight excluding hydrogens is 330 g/mol. The highest BCUT2D eigenvalue weighted by atomic mass is 35.5. The van der Waals surface area contributed by atoms with Crippen LogP contribution in [-0.2, 0) is 11.2 Å². The van der Waals surface area contributed by atoms with Gasteiger partial charge in [-0.15, -0.1) is 0 Å². The van der Waals surface area contributed by atoms with Gasteiger partial charge in [0, 0.05) is 21.5 Å². The van der Waals surface area contributed by atoms with E-state index < -0.39 is 0 Å². The van der Waals surface area contributed by atoms with Crippen LogP contribution in [0.2, 0.25) is 5.02 Å². The summed E-state index contributed by atoms with van der Waals surface area (Å²) >= 11 is 11.6. The predicted octanol–water partition coefficient (Wildman–Crippen LogP) is 5.60. The first-order chi connectivity index (χ1) is 11.1. The van der Waals surface area contributed by atoms with Crippen LogP contribution in [0.3, 0.4) is 0 Å². The van der Waals surface area contributed by atoms with Gasteiger partial charge in [0.25, 0.3) is 0 Å². The van der Waals surface area contributed by atoms with Crippen molar-refractivity contribution in [3.05, 3.63) is 39.0 Å². The van der Waals surface area contributed by atoms with Crippen molar-refractivity contribution in [3.63, 3.8) is 0 Å². The van der Waals surface area contributed by atoms with Crippen LogP contribution >= 0.6 is 23.8 Å². The minimum atomic E-state index is -0.277. The lowest BCUT2D eigenvalue weighted by atomic mass is 9.97. The number of hydrogen-bond acceptors (Lipinski definition) is 3. The van der Waals surface area contributed by atoms with Crippen LogP contribution < -0.4 is 0 Å². The number of aromatic amines is 1. The summed E-state index contributed by atoms with van der Waals surface area (Å²) in [5.41, 5.74) is 2.21. The normalized spacial score (nSPS) is 15.7. The van der Waals surface area contributed by atoms with Crippen molar-refractivity contribution in [1.82, 2.24) is 4.98 Å². The third-order valence-electron chi connectivity index (χ3n) is 4.46. The molecule has 1 aliphatic carbocycles. The summed E-state index contributed by atoms with van der Waals surface area (Å²) in [6, 6.07) is 5.44. The molecule has 1 heterocycles. The molecule has 0 aliphatic heterocycles. The fraction of sp³-hybridized carbons (Fsp3) is 0.444. The highest BCUT2D eigenvalue weighted by molar-refractivity contribution is 7.71. The zero-order valence-corrected chi connectivity index (χ0v) is 14.7. The van der Waals surface area contributed by atoms with Gasteiger partial charge < -0.3 is 9.72 Å². The number of benzene rings is 1. The Morgan fingerprint density at radius 1 is 1.35 bits per heavy atom. The Labute approximate surface area is 146 Å². The highest BCUT2D eigenvalue weighted by Crippen LogP contribution is 2.28. The fourth-order valence-electron chi connectivity index (χ4n) is 3.27. The summed E-state index contributed by atoms with van der Waals surface area (Å²) in [5, 5.41) is 1.38. The molecule has 0 radical (unpaired) electrons. The predicted molar refractivity (Wildman–Crippen MR) is 95.8 cm³/mol. The molecule has 1 fully saturated rings. The second-order valence-corrected chi connectivity index (χ2v) is 6.86. The molecule has 0 bridgehead atoms. The van der Waals surface area contributed by atoms with Crippen LogP contribution in [0.4, 0.5) is 0 Å². The summed E-state index contributed by atoms with van der Waals surface area (Å²) < 4.78 is 6.38. The third kappa shape index (κ3) is 3.43. The van der Waals surface area contributed by atoms with Gasteiger partial charge in [0.2, 0.25) is 0 Å². The number of nitrogens with one attached hydrogen (secondary N) is 1. The second-order valence-electron chi connectivity index (χ2n) is 6.02. The number of fused-ring (bicyclic) bond motifs is 1. The van der Waals surface area contributed by atoms with Crippen LogP contribution in [-0.4, -0.2) is 17.1 Å². The van der Waals surface area contributed by atoms with Crippen molar-refractivity contribution in [1.29, 1.82) is 0 Å². The highest BCUT2D eigenvalue weighted by Gasteiger charge is 2.23. The molecular formula is C18H20ClNO2S. The number of carbonyl (C=O) groups is 1. The SMILES string of the molecule is CCc1c(C(=O)OC2CCCCC2)c2cc(Cl)ccc2[nH]c1=S. The van der Waals surface area contributed by atoms with E-state index in [9.17, 15) is 4.79 Å². The molecule has 1 N–H and O–H groups in total. The topological polar surface area (TPSA) is 42.1 Å². The molecule has 122 valence electrons. The number of ether oxygens (including phenoxy) is 1. The second kappa shape index (κ2) is 7.02. The summed E-state index contributed by atoms with van der Waals surface area (Å²) in [7, 11) is 0. The quantitative estimate of drug-likeness (QED) is 0.579. The zero-order valence-electron chi connectivity index (χ0n) is 13.2. The lowest BCUT2D eigenvalue weighted by Crippen LogP contribution is -2.22. The van der Waals surface area contributed by atoms with Crippen LogP contribution in [0, 0.1) is 4.64 Å². The Bertz CT molecular complexity index is 793. The van der Waals surface area contributed by atoms with E-state index in [-0.39, 0.29) is 12.1 Å². The maximum atomic E-state index is 12.8. The average molecular weight is 350 g/mol. The molecule has 1 saturated carbocycles. The first-order valence-corrected chi connectivity index (χ1v) is 8.94. The number of rotatable bonds is 3. The molecule has 1 aromatic heterocycles. The number of halogens is 1. The van der Waals surface area contributed by atoms with Crippen molar-refractivity contribution in [2.75, 3.05) is 0 Å². The fourth-order valence-corrected chi connectivity index (χ4v) is 3.80. The van der Waals surface area contributed by atoms with E-state index in [4.69, 9.17) is 28.6 Å². The van der Waals surface area contributed by atoms with E-state index >= 15 is 0 Å². The van der Waals surface area contributed by atoms with Gasteiger partial charge in [-0.2, -0.15) is 0 Å². The maximum absolute atomic E-state index is 12.8. The smallest absolute Gasteiger partial charge is 0.339 e. The lowest BCUT2D eigenvalue weighted by molar-refractivity contribution is 0.0212. The Balaban J connectivity index is 2.07. The van der Waals surface area contributed by atoms with Crippen molar-refractivity contribution >= 4 is 40.7 Å². The van der Waals surface area contributed by atoms with E-state index in [0.717, 1.165) is 42.1 Å². The van der Waals surface area contributed by atoms with E-state index in [1.165, 1.54) is 6.42 Å². The van der Waals surface area contributed by atoms with Crippen molar-refractivity contribution in [2.24, 2.45) is 0 Å². The van der Waals surface area contributed by atoms with Crippen LogP contribution in [0.5, 0.6) is 0 Å². The van der Waals surface area contributed by atoms with Gasteiger partial charge in [-0.3, -0.25) is 0 Å². The minimum Gasteiger partial charge on any atom is -0.459 e. The Morgan fingerprint density at radius 3 is 2.78 bits per heavy atom. The molecule has 0 amide bonds. The standard InChI is InChI=1S/C18H20ClNO2S/c1-2-13-16(18(21)22-12-6-4-3-5-7-12)14-10-11(19)8-9-15(14)20-17(13)23/h8-10,12H,2-7H2,1H3,(H,20,23). The van der Waals surface area contributed by atoms with Crippen molar-refractivity contribution in [2.45, 2.75) is 51.6 Å². The summed E-state index contributed by atoms with van der Waals surface area (Å²) in [6.45, 7) is 1.99. The summed E-state index contributed by atoms with van der Waals surface area (Å²) in [5.74, 6) is -0.277. The van der Waals surface area contributed by atoms with Crippen LogP contribution in [0.15, 0.2) is 18.2 Å². The number of hydrogen-bond donors (Lipinski definition) is 1. The molecule has 0 unspecified atom stereocenters. The van der Waals surface area contributed by atoms with Gasteiger partial charge in [-0.25, -0.2) is 4.79 Å². The molecule has 5 heteroatoms. The molecule has 2 aromatic rings. The van der Waals surface area contributed by atoms with Crippen LogP contribution in [0.25, 0.3) is 10.9 Å². The Hall–Kier alpha value is -1.39. The number of pyridine rings is 1. The molecule has 3 rings (SSSR count). The molecule has 0 saturated heterocycles.